The van der Waals surface area contributed by atoms with E-state index in [4.69, 9.17) is 0 Å². The van der Waals surface area contributed by atoms with E-state index in [1.165, 1.54) is 4.68 Å². The zero-order valence-corrected chi connectivity index (χ0v) is 12.9. The van der Waals surface area contributed by atoms with Crippen molar-refractivity contribution < 1.29 is 4.79 Å². The summed E-state index contributed by atoms with van der Waals surface area (Å²) in [4.78, 5) is 12.4. The lowest BCUT2D eigenvalue weighted by Gasteiger charge is -2.05. The molecular formula is C18H15N5O. The molecule has 0 saturated carbocycles. The third-order valence-electron chi connectivity index (χ3n) is 3.92. The molecule has 24 heavy (non-hydrogen) atoms. The Morgan fingerprint density at radius 3 is 2.62 bits per heavy atom. The summed E-state index contributed by atoms with van der Waals surface area (Å²) in [6.45, 7) is 0. The summed E-state index contributed by atoms with van der Waals surface area (Å²) in [7, 11) is 0. The minimum absolute atomic E-state index is 0.0557. The van der Waals surface area contributed by atoms with Crippen molar-refractivity contribution in [1.29, 1.82) is 0 Å². The number of benzene rings is 2. The minimum Gasteiger partial charge on any atom is -0.272 e. The molecule has 0 radical (unpaired) electrons. The number of aryl methyl sites for hydroxylation is 1. The van der Waals surface area contributed by atoms with Crippen molar-refractivity contribution in [1.82, 2.24) is 24.8 Å². The van der Waals surface area contributed by atoms with Crippen molar-refractivity contribution in [2.45, 2.75) is 12.8 Å². The summed E-state index contributed by atoms with van der Waals surface area (Å²) in [5.41, 5.74) is 3.58. The quantitative estimate of drug-likeness (QED) is 0.580. The van der Waals surface area contributed by atoms with Crippen LogP contribution in [0.2, 0.25) is 0 Å². The number of aromatic nitrogens is 5. The number of fused-ring (bicyclic) bond motifs is 1. The van der Waals surface area contributed by atoms with Gasteiger partial charge in [-0.2, -0.15) is 9.78 Å². The largest absolute Gasteiger partial charge is 0.272 e. The standard InChI is InChI=1S/C18H15N5O/c24-18(23-17-5-2-1-4-16(17)20-21-23)11-8-14-6-9-15(10-7-14)22-13-3-12-19-22/h1-7,9-10,12-13H,8,11H2. The predicted octanol–water partition coefficient (Wildman–Crippen LogP) is 2.89. The molecule has 4 aromatic rings. The Balaban J connectivity index is 1.45. The molecule has 0 N–H and O–H groups in total. The molecule has 0 unspecified atom stereocenters. The number of hydrogen-bond acceptors (Lipinski definition) is 4. The molecule has 0 aliphatic rings. The third kappa shape index (κ3) is 2.69. The summed E-state index contributed by atoms with van der Waals surface area (Å²) in [6.07, 6.45) is 4.68. The topological polar surface area (TPSA) is 65.6 Å². The third-order valence-corrected chi connectivity index (χ3v) is 3.92. The lowest BCUT2D eigenvalue weighted by Crippen LogP contribution is -2.13. The van der Waals surface area contributed by atoms with E-state index in [2.05, 4.69) is 15.4 Å². The van der Waals surface area contributed by atoms with E-state index < -0.39 is 0 Å². The van der Waals surface area contributed by atoms with Gasteiger partial charge in [-0.15, -0.1) is 5.10 Å². The summed E-state index contributed by atoms with van der Waals surface area (Å²) in [5, 5.41) is 12.2. The van der Waals surface area contributed by atoms with Crippen molar-refractivity contribution in [3.05, 3.63) is 72.6 Å². The van der Waals surface area contributed by atoms with Crippen LogP contribution in [0.5, 0.6) is 0 Å². The average molecular weight is 317 g/mol. The minimum atomic E-state index is -0.0557. The van der Waals surface area contributed by atoms with Gasteiger partial charge in [0.2, 0.25) is 5.91 Å². The molecular weight excluding hydrogens is 302 g/mol. The lowest BCUT2D eigenvalue weighted by atomic mass is 10.1. The van der Waals surface area contributed by atoms with Gasteiger partial charge in [-0.3, -0.25) is 4.79 Å². The molecule has 0 spiro atoms. The first kappa shape index (κ1) is 14.3. The van der Waals surface area contributed by atoms with Gasteiger partial charge in [0.1, 0.15) is 5.52 Å². The lowest BCUT2D eigenvalue weighted by molar-refractivity contribution is 0.0890. The van der Waals surface area contributed by atoms with Gasteiger partial charge in [-0.1, -0.05) is 29.5 Å². The van der Waals surface area contributed by atoms with E-state index in [-0.39, 0.29) is 5.91 Å². The Hall–Kier alpha value is -3.28. The summed E-state index contributed by atoms with van der Waals surface area (Å²) >= 11 is 0. The fraction of sp³-hybridized carbons (Fsp3) is 0.111. The molecule has 0 bridgehead atoms. The maximum atomic E-state index is 12.4. The van der Waals surface area contributed by atoms with E-state index in [1.54, 1.807) is 10.9 Å². The molecule has 0 aliphatic heterocycles. The van der Waals surface area contributed by atoms with Crippen LogP contribution in [0.15, 0.2) is 67.0 Å². The van der Waals surface area contributed by atoms with Gasteiger partial charge in [0.25, 0.3) is 0 Å². The van der Waals surface area contributed by atoms with Gasteiger partial charge in [0, 0.05) is 18.8 Å². The summed E-state index contributed by atoms with van der Waals surface area (Å²) in [5.74, 6) is -0.0557. The molecule has 2 heterocycles. The first-order chi connectivity index (χ1) is 11.8. The highest BCUT2D eigenvalue weighted by Gasteiger charge is 2.11. The van der Waals surface area contributed by atoms with E-state index in [0.717, 1.165) is 22.3 Å². The molecule has 0 fully saturated rings. The molecule has 118 valence electrons. The zero-order valence-electron chi connectivity index (χ0n) is 12.9. The number of rotatable bonds is 4. The summed E-state index contributed by atoms with van der Waals surface area (Å²) in [6, 6.07) is 17.4. The van der Waals surface area contributed by atoms with Crippen LogP contribution in [0.3, 0.4) is 0 Å². The molecule has 0 amide bonds. The van der Waals surface area contributed by atoms with Crippen molar-refractivity contribution in [2.24, 2.45) is 0 Å². The fourth-order valence-corrected chi connectivity index (χ4v) is 2.65. The van der Waals surface area contributed by atoms with Crippen LogP contribution in [-0.4, -0.2) is 30.7 Å². The van der Waals surface area contributed by atoms with Crippen LogP contribution in [0.1, 0.15) is 16.8 Å². The molecule has 2 aromatic carbocycles. The van der Waals surface area contributed by atoms with Crippen LogP contribution in [0.25, 0.3) is 16.7 Å². The van der Waals surface area contributed by atoms with Crippen molar-refractivity contribution in [3.8, 4) is 5.69 Å². The van der Waals surface area contributed by atoms with Crippen molar-refractivity contribution >= 4 is 16.9 Å². The molecule has 0 saturated heterocycles. The highest BCUT2D eigenvalue weighted by Crippen LogP contribution is 2.13. The van der Waals surface area contributed by atoms with Gasteiger partial charge in [-0.25, -0.2) is 4.68 Å². The zero-order chi connectivity index (χ0) is 16.4. The highest BCUT2D eigenvalue weighted by atomic mass is 16.2. The van der Waals surface area contributed by atoms with Crippen LogP contribution in [0, 0.1) is 0 Å². The number of carbonyl (C=O) groups is 1. The van der Waals surface area contributed by atoms with Crippen LogP contribution in [0.4, 0.5) is 0 Å². The Morgan fingerprint density at radius 2 is 1.83 bits per heavy atom. The number of carbonyl (C=O) groups excluding carboxylic acids is 1. The smallest absolute Gasteiger partial charge is 0.249 e. The molecule has 6 heteroatoms. The molecule has 6 nitrogen and oxygen atoms in total. The first-order valence-corrected chi connectivity index (χ1v) is 7.74. The molecule has 2 aromatic heterocycles. The summed E-state index contributed by atoms with van der Waals surface area (Å²) < 4.78 is 3.18. The number of para-hydroxylation sites is 1. The van der Waals surface area contributed by atoms with Gasteiger partial charge in [-0.05, 0) is 42.3 Å². The highest BCUT2D eigenvalue weighted by molar-refractivity contribution is 5.88. The second-order valence-corrected chi connectivity index (χ2v) is 5.50. The van der Waals surface area contributed by atoms with Gasteiger partial charge in [0.15, 0.2) is 0 Å². The van der Waals surface area contributed by atoms with E-state index in [1.807, 2.05) is 60.8 Å². The Bertz CT molecular complexity index is 970. The van der Waals surface area contributed by atoms with Gasteiger partial charge >= 0.3 is 0 Å². The Kier molecular flexibility index (Phi) is 3.63. The normalized spacial score (nSPS) is 11.0. The monoisotopic (exact) mass is 317 g/mol. The van der Waals surface area contributed by atoms with Crippen molar-refractivity contribution in [2.75, 3.05) is 0 Å². The molecule has 0 atom stereocenters. The SMILES string of the molecule is O=C(CCc1ccc(-n2cccn2)cc1)n1nnc2ccccc21. The van der Waals surface area contributed by atoms with E-state index in [0.29, 0.717) is 12.8 Å². The number of nitrogens with zero attached hydrogens (tertiary/aromatic N) is 5. The maximum Gasteiger partial charge on any atom is 0.249 e. The van der Waals surface area contributed by atoms with Crippen LogP contribution in [-0.2, 0) is 6.42 Å². The van der Waals surface area contributed by atoms with Crippen LogP contribution < -0.4 is 0 Å². The maximum absolute atomic E-state index is 12.4. The Morgan fingerprint density at radius 1 is 1.00 bits per heavy atom. The average Bonchev–Trinajstić information content (AvgIpc) is 3.30. The van der Waals surface area contributed by atoms with Crippen molar-refractivity contribution in [3.63, 3.8) is 0 Å². The Labute approximate surface area is 138 Å². The second-order valence-electron chi connectivity index (χ2n) is 5.50. The van der Waals surface area contributed by atoms with Crippen LogP contribution >= 0.6 is 0 Å². The van der Waals surface area contributed by atoms with E-state index in [9.17, 15) is 4.79 Å². The fourth-order valence-electron chi connectivity index (χ4n) is 2.65. The predicted molar refractivity (Wildman–Crippen MR) is 90.0 cm³/mol. The van der Waals surface area contributed by atoms with Gasteiger partial charge in [0.05, 0.1) is 11.2 Å². The first-order valence-electron chi connectivity index (χ1n) is 7.74. The van der Waals surface area contributed by atoms with E-state index >= 15 is 0 Å². The second kappa shape index (κ2) is 6.08. The van der Waals surface area contributed by atoms with Gasteiger partial charge < -0.3 is 0 Å². The number of hydrogen-bond donors (Lipinski definition) is 0. The molecule has 0 aliphatic carbocycles. The molecule has 4 rings (SSSR count).